The van der Waals surface area contributed by atoms with Crippen LogP contribution in [0.25, 0.3) is 0 Å². The minimum atomic E-state index is -3.93. The highest BCUT2D eigenvalue weighted by Gasteiger charge is 2.27. The number of nitrogens with one attached hydrogen (secondary N) is 1. The van der Waals surface area contributed by atoms with Crippen molar-refractivity contribution in [2.75, 3.05) is 38.4 Å². The van der Waals surface area contributed by atoms with E-state index in [1.165, 1.54) is 44.6 Å². The highest BCUT2D eigenvalue weighted by atomic mass is 32.2. The highest BCUT2D eigenvalue weighted by molar-refractivity contribution is 7.92. The molecule has 1 N–H and O–H groups in total. The lowest BCUT2D eigenvalue weighted by Gasteiger charge is -2.26. The van der Waals surface area contributed by atoms with Gasteiger partial charge < -0.3 is 19.5 Å². The molecule has 0 aliphatic carbocycles. The maximum Gasteiger partial charge on any atom is 0.253 e. The maximum atomic E-state index is 14.4. The molecule has 0 aliphatic heterocycles. The van der Waals surface area contributed by atoms with Crippen molar-refractivity contribution in [1.29, 1.82) is 0 Å². The molecule has 0 unspecified atom stereocenters. The van der Waals surface area contributed by atoms with E-state index in [0.29, 0.717) is 13.0 Å². The number of rotatable bonds is 11. The molecule has 0 aromatic heterocycles. The van der Waals surface area contributed by atoms with Crippen LogP contribution in [0.3, 0.4) is 0 Å². The number of methoxy groups -OCH3 is 3. The lowest BCUT2D eigenvalue weighted by atomic mass is 10.1. The van der Waals surface area contributed by atoms with E-state index in [2.05, 4.69) is 5.32 Å². The SMILES string of the molecule is COc1ccc(CCNC(=O)c2cc(OC)c(OC)cc2N(Cc2ccccc2F)S(C)(=O)=O)cc1. The van der Waals surface area contributed by atoms with Crippen LogP contribution in [0.5, 0.6) is 17.2 Å². The summed E-state index contributed by atoms with van der Waals surface area (Å²) in [6.07, 6.45) is 1.54. The average Bonchev–Trinajstić information content (AvgIpc) is 2.87. The minimum absolute atomic E-state index is 0.0420. The molecule has 0 saturated carbocycles. The zero-order valence-electron chi connectivity index (χ0n) is 20.6. The molecule has 3 rings (SSSR count). The van der Waals surface area contributed by atoms with Crippen LogP contribution in [0.15, 0.2) is 60.7 Å². The van der Waals surface area contributed by atoms with Crippen molar-refractivity contribution in [3.63, 3.8) is 0 Å². The van der Waals surface area contributed by atoms with Gasteiger partial charge in [-0.1, -0.05) is 30.3 Å². The second-order valence-electron chi connectivity index (χ2n) is 7.94. The van der Waals surface area contributed by atoms with Crippen molar-refractivity contribution in [3.05, 3.63) is 83.2 Å². The Morgan fingerprint density at radius 1 is 0.944 bits per heavy atom. The molecule has 8 nitrogen and oxygen atoms in total. The number of hydrogen-bond acceptors (Lipinski definition) is 6. The van der Waals surface area contributed by atoms with E-state index in [1.54, 1.807) is 13.2 Å². The van der Waals surface area contributed by atoms with Crippen LogP contribution in [0, 0.1) is 5.82 Å². The zero-order chi connectivity index (χ0) is 26.3. The van der Waals surface area contributed by atoms with Crippen molar-refractivity contribution in [2.45, 2.75) is 13.0 Å². The van der Waals surface area contributed by atoms with Gasteiger partial charge in [0.15, 0.2) is 11.5 Å². The summed E-state index contributed by atoms with van der Waals surface area (Å²) >= 11 is 0. The zero-order valence-corrected chi connectivity index (χ0v) is 21.4. The van der Waals surface area contributed by atoms with Gasteiger partial charge in [-0.15, -0.1) is 0 Å². The normalized spacial score (nSPS) is 11.0. The van der Waals surface area contributed by atoms with Gasteiger partial charge in [0.2, 0.25) is 10.0 Å². The Morgan fingerprint density at radius 3 is 2.17 bits per heavy atom. The monoisotopic (exact) mass is 516 g/mol. The second-order valence-corrected chi connectivity index (χ2v) is 9.85. The van der Waals surface area contributed by atoms with Gasteiger partial charge in [0, 0.05) is 18.2 Å². The third-order valence-corrected chi connectivity index (χ3v) is 6.67. The fraction of sp³-hybridized carbons (Fsp3) is 0.269. The van der Waals surface area contributed by atoms with Crippen molar-refractivity contribution in [3.8, 4) is 17.2 Å². The maximum absolute atomic E-state index is 14.4. The van der Waals surface area contributed by atoms with E-state index >= 15 is 0 Å². The van der Waals surface area contributed by atoms with E-state index in [-0.39, 0.29) is 34.9 Å². The fourth-order valence-electron chi connectivity index (χ4n) is 3.63. The molecule has 0 bridgehead atoms. The molecule has 0 fully saturated rings. The number of hydrogen-bond donors (Lipinski definition) is 1. The molecule has 1 amide bonds. The Labute approximate surface area is 210 Å². The van der Waals surface area contributed by atoms with E-state index < -0.39 is 21.7 Å². The Morgan fingerprint density at radius 2 is 1.58 bits per heavy atom. The standard InChI is InChI=1S/C26H29FN2O6S/c1-33-20-11-9-18(10-12-20)13-14-28-26(30)21-15-24(34-2)25(35-3)16-23(21)29(36(4,31)32)17-19-7-5-6-8-22(19)27/h5-12,15-16H,13-14,17H2,1-4H3,(H,28,30). The summed E-state index contributed by atoms with van der Waals surface area (Å²) < 4.78 is 56.8. The second kappa shape index (κ2) is 11.8. The summed E-state index contributed by atoms with van der Waals surface area (Å²) in [6.45, 7) is -0.0156. The van der Waals surface area contributed by atoms with E-state index in [1.807, 2.05) is 24.3 Å². The first kappa shape index (κ1) is 26.8. The Bertz CT molecular complexity index is 1310. The molecule has 3 aromatic rings. The quantitative estimate of drug-likeness (QED) is 0.417. The lowest BCUT2D eigenvalue weighted by molar-refractivity contribution is 0.0954. The predicted octanol–water partition coefficient (Wildman–Crippen LogP) is 3.79. The number of carbonyl (C=O) groups is 1. The number of carbonyl (C=O) groups excluding carboxylic acids is 1. The van der Waals surface area contributed by atoms with Crippen molar-refractivity contribution in [1.82, 2.24) is 5.32 Å². The molecular formula is C26H29FN2O6S. The number of sulfonamides is 1. The van der Waals surface area contributed by atoms with Crippen LogP contribution < -0.4 is 23.8 Å². The van der Waals surface area contributed by atoms with Crippen LogP contribution in [0.2, 0.25) is 0 Å². The molecule has 0 heterocycles. The Balaban J connectivity index is 1.95. The van der Waals surface area contributed by atoms with Gasteiger partial charge in [0.25, 0.3) is 5.91 Å². The predicted molar refractivity (Wildman–Crippen MR) is 136 cm³/mol. The molecule has 0 aliphatic rings. The van der Waals surface area contributed by atoms with Crippen molar-refractivity contribution in [2.24, 2.45) is 0 Å². The van der Waals surface area contributed by atoms with Gasteiger partial charge in [-0.2, -0.15) is 0 Å². The van der Waals surface area contributed by atoms with E-state index in [0.717, 1.165) is 21.9 Å². The number of halogens is 1. The first-order valence-electron chi connectivity index (χ1n) is 11.1. The van der Waals surface area contributed by atoms with Crippen LogP contribution in [-0.2, 0) is 23.0 Å². The Hall–Kier alpha value is -3.79. The molecule has 0 saturated heterocycles. The van der Waals surface area contributed by atoms with Crippen LogP contribution in [0.4, 0.5) is 10.1 Å². The molecule has 3 aromatic carbocycles. The molecule has 0 atom stereocenters. The van der Waals surface area contributed by atoms with Crippen LogP contribution >= 0.6 is 0 Å². The summed E-state index contributed by atoms with van der Waals surface area (Å²) in [4.78, 5) is 13.3. The number of ether oxygens (including phenoxy) is 3. The summed E-state index contributed by atoms with van der Waals surface area (Å²) in [5.74, 6) is 0.137. The number of anilines is 1. The molecular weight excluding hydrogens is 487 g/mol. The number of nitrogens with zero attached hydrogens (tertiary/aromatic N) is 1. The topological polar surface area (TPSA) is 94.2 Å². The number of amides is 1. The fourth-order valence-corrected chi connectivity index (χ4v) is 4.51. The van der Waals surface area contributed by atoms with Gasteiger partial charge in [0.05, 0.1) is 45.4 Å². The van der Waals surface area contributed by atoms with Crippen LogP contribution in [-0.4, -0.2) is 48.5 Å². The first-order chi connectivity index (χ1) is 17.2. The van der Waals surface area contributed by atoms with Gasteiger partial charge >= 0.3 is 0 Å². The highest BCUT2D eigenvalue weighted by Crippen LogP contribution is 2.37. The Kier molecular flexibility index (Phi) is 8.76. The van der Waals surface area contributed by atoms with Gasteiger partial charge in [-0.3, -0.25) is 9.10 Å². The van der Waals surface area contributed by atoms with Crippen molar-refractivity contribution < 1.29 is 31.8 Å². The summed E-state index contributed by atoms with van der Waals surface area (Å²) in [7, 11) is 0.474. The van der Waals surface area contributed by atoms with Gasteiger partial charge in [-0.05, 0) is 36.2 Å². The average molecular weight is 517 g/mol. The third-order valence-electron chi connectivity index (χ3n) is 5.55. The molecule has 36 heavy (non-hydrogen) atoms. The third kappa shape index (κ3) is 6.45. The minimum Gasteiger partial charge on any atom is -0.497 e. The smallest absolute Gasteiger partial charge is 0.253 e. The lowest BCUT2D eigenvalue weighted by Crippen LogP contribution is -2.33. The number of benzene rings is 3. The molecule has 0 radical (unpaired) electrons. The van der Waals surface area contributed by atoms with E-state index in [4.69, 9.17) is 14.2 Å². The molecule has 10 heteroatoms. The summed E-state index contributed by atoms with van der Waals surface area (Å²) in [5, 5.41) is 2.82. The first-order valence-corrected chi connectivity index (χ1v) is 12.9. The summed E-state index contributed by atoms with van der Waals surface area (Å²) in [6, 6.07) is 16.1. The van der Waals surface area contributed by atoms with Crippen molar-refractivity contribution >= 4 is 21.6 Å². The summed E-state index contributed by atoms with van der Waals surface area (Å²) in [5.41, 5.74) is 1.23. The largest absolute Gasteiger partial charge is 0.497 e. The van der Waals surface area contributed by atoms with Crippen LogP contribution in [0.1, 0.15) is 21.5 Å². The van der Waals surface area contributed by atoms with Gasteiger partial charge in [0.1, 0.15) is 11.6 Å². The molecule has 0 spiro atoms. The molecule has 192 valence electrons. The van der Waals surface area contributed by atoms with Gasteiger partial charge in [-0.25, -0.2) is 12.8 Å². The van der Waals surface area contributed by atoms with E-state index in [9.17, 15) is 17.6 Å².